The number of carbonyl (C=O) groups is 1. The highest BCUT2D eigenvalue weighted by molar-refractivity contribution is 8.18. The first-order valence-corrected chi connectivity index (χ1v) is 14.7. The van der Waals surface area contributed by atoms with E-state index in [4.69, 9.17) is 0 Å². The van der Waals surface area contributed by atoms with Crippen LogP contribution in [0.15, 0.2) is 58.6 Å². The molecular weight excluding hydrogens is 490 g/mol. The zero-order valence-electron chi connectivity index (χ0n) is 22.3. The number of nitrogens with zero attached hydrogens (tertiary/aromatic N) is 5. The maximum atomic E-state index is 12.7. The summed E-state index contributed by atoms with van der Waals surface area (Å²) in [6, 6.07) is 15.2. The molecule has 38 heavy (non-hydrogen) atoms. The summed E-state index contributed by atoms with van der Waals surface area (Å²) in [5, 5.41) is 1.95. The van der Waals surface area contributed by atoms with Gasteiger partial charge in [-0.2, -0.15) is 4.99 Å². The van der Waals surface area contributed by atoms with Gasteiger partial charge < -0.3 is 14.7 Å². The van der Waals surface area contributed by atoms with Crippen LogP contribution in [0.5, 0.6) is 0 Å². The minimum Gasteiger partial charge on any atom is -0.369 e. The Morgan fingerprint density at radius 2 is 1.74 bits per heavy atom. The number of thioether (sulfide) groups is 1. The molecule has 196 valence electrons. The standard InChI is InChI=1S/C31H35N5OS/c1-3-34-15-17-35(18-16-34)28-10-8-24(19-22(28)2)25-11-12-32-27-9-7-23(20-26(25)27)21-29-30(37)33-31(38-29)36-13-5-4-6-14-36/h7-12,19-21H,3-6,13-18H2,1-2H3. The molecule has 1 amide bonds. The number of benzene rings is 2. The number of carbonyl (C=O) groups excluding carboxylic acids is 1. The Balaban J connectivity index is 1.27. The average molecular weight is 526 g/mol. The van der Waals surface area contributed by atoms with Crippen LogP contribution in [0.2, 0.25) is 0 Å². The first-order valence-electron chi connectivity index (χ1n) is 13.8. The number of aromatic nitrogens is 1. The summed E-state index contributed by atoms with van der Waals surface area (Å²) in [6.07, 6.45) is 7.47. The molecule has 2 fully saturated rings. The molecule has 2 aromatic carbocycles. The number of anilines is 1. The molecule has 3 aliphatic rings. The molecule has 7 heteroatoms. The fourth-order valence-electron chi connectivity index (χ4n) is 5.76. The summed E-state index contributed by atoms with van der Waals surface area (Å²) in [7, 11) is 0. The summed E-state index contributed by atoms with van der Waals surface area (Å²) >= 11 is 1.51. The number of amidine groups is 1. The second-order valence-corrected chi connectivity index (χ2v) is 11.4. The third-order valence-electron chi connectivity index (χ3n) is 7.97. The monoisotopic (exact) mass is 525 g/mol. The van der Waals surface area contributed by atoms with Gasteiger partial charge in [-0.1, -0.05) is 19.1 Å². The van der Waals surface area contributed by atoms with E-state index in [0.717, 1.165) is 73.0 Å². The van der Waals surface area contributed by atoms with Crippen LogP contribution in [0.3, 0.4) is 0 Å². The van der Waals surface area contributed by atoms with E-state index in [9.17, 15) is 4.79 Å². The van der Waals surface area contributed by atoms with Gasteiger partial charge in [-0.3, -0.25) is 9.78 Å². The van der Waals surface area contributed by atoms with Crippen molar-refractivity contribution in [3.8, 4) is 11.1 Å². The van der Waals surface area contributed by atoms with E-state index in [2.05, 4.69) is 74.9 Å². The predicted molar refractivity (Wildman–Crippen MR) is 160 cm³/mol. The second-order valence-electron chi connectivity index (χ2n) is 10.4. The Kier molecular flexibility index (Phi) is 7.22. The van der Waals surface area contributed by atoms with Gasteiger partial charge in [0.25, 0.3) is 5.91 Å². The number of rotatable bonds is 4. The molecule has 3 aliphatic heterocycles. The highest BCUT2D eigenvalue weighted by atomic mass is 32.2. The average Bonchev–Trinajstić information content (AvgIpc) is 3.33. The molecule has 0 radical (unpaired) electrons. The van der Waals surface area contributed by atoms with E-state index in [-0.39, 0.29) is 5.91 Å². The molecular formula is C31H35N5OS. The Morgan fingerprint density at radius 3 is 2.50 bits per heavy atom. The lowest BCUT2D eigenvalue weighted by molar-refractivity contribution is -0.113. The molecule has 0 unspecified atom stereocenters. The molecule has 4 heterocycles. The number of pyridine rings is 1. The number of likely N-dealkylation sites (tertiary alicyclic amines) is 1. The maximum Gasteiger partial charge on any atom is 0.286 e. The predicted octanol–water partition coefficient (Wildman–Crippen LogP) is 5.81. The Bertz CT molecular complexity index is 1420. The molecule has 2 saturated heterocycles. The number of aliphatic imine (C=N–C) groups is 1. The molecule has 3 aromatic rings. The molecule has 1 aromatic heterocycles. The van der Waals surface area contributed by atoms with Crippen molar-refractivity contribution in [3.05, 3.63) is 64.7 Å². The smallest absolute Gasteiger partial charge is 0.286 e. The SMILES string of the molecule is CCN1CCN(c2ccc(-c3ccnc4ccc(C=C5SC(N6CCCCC6)=NC5=O)cc34)cc2C)CC1. The van der Waals surface area contributed by atoms with E-state index < -0.39 is 0 Å². The normalized spacial score (nSPS) is 20.0. The summed E-state index contributed by atoms with van der Waals surface area (Å²) in [4.78, 5) is 29.6. The van der Waals surface area contributed by atoms with Crippen LogP contribution in [-0.4, -0.2) is 71.7 Å². The minimum absolute atomic E-state index is 0.131. The lowest BCUT2D eigenvalue weighted by atomic mass is 9.97. The van der Waals surface area contributed by atoms with Gasteiger partial charge in [0.05, 0.1) is 10.4 Å². The van der Waals surface area contributed by atoms with Crippen LogP contribution in [-0.2, 0) is 4.79 Å². The van der Waals surface area contributed by atoms with Crippen LogP contribution in [0.25, 0.3) is 28.1 Å². The largest absolute Gasteiger partial charge is 0.369 e. The van der Waals surface area contributed by atoms with Gasteiger partial charge in [-0.15, -0.1) is 0 Å². The van der Waals surface area contributed by atoms with Crippen molar-refractivity contribution in [1.29, 1.82) is 0 Å². The first kappa shape index (κ1) is 25.1. The van der Waals surface area contributed by atoms with Gasteiger partial charge in [-0.05, 0) is 103 Å². The number of aryl methyl sites for hydroxylation is 1. The lowest BCUT2D eigenvalue weighted by Crippen LogP contribution is -2.46. The maximum absolute atomic E-state index is 12.7. The van der Waals surface area contributed by atoms with Crippen molar-refractivity contribution in [2.45, 2.75) is 33.1 Å². The lowest BCUT2D eigenvalue weighted by Gasteiger charge is -2.36. The van der Waals surface area contributed by atoms with E-state index in [0.29, 0.717) is 4.91 Å². The number of amides is 1. The number of hydrogen-bond donors (Lipinski definition) is 0. The summed E-state index contributed by atoms with van der Waals surface area (Å²) in [5.41, 5.74) is 6.94. The zero-order chi connectivity index (χ0) is 26.1. The molecule has 0 bridgehead atoms. The summed E-state index contributed by atoms with van der Waals surface area (Å²) < 4.78 is 0. The Morgan fingerprint density at radius 1 is 0.921 bits per heavy atom. The van der Waals surface area contributed by atoms with Crippen molar-refractivity contribution in [1.82, 2.24) is 14.8 Å². The van der Waals surface area contributed by atoms with E-state index in [1.807, 2.05) is 18.3 Å². The van der Waals surface area contributed by atoms with E-state index in [1.54, 1.807) is 0 Å². The molecule has 0 N–H and O–H groups in total. The van der Waals surface area contributed by atoms with Gasteiger partial charge in [0, 0.05) is 56.5 Å². The second kappa shape index (κ2) is 10.9. The topological polar surface area (TPSA) is 52.0 Å². The van der Waals surface area contributed by atoms with Crippen LogP contribution in [0.4, 0.5) is 5.69 Å². The fourth-order valence-corrected chi connectivity index (χ4v) is 6.72. The van der Waals surface area contributed by atoms with Gasteiger partial charge in [0.2, 0.25) is 0 Å². The third-order valence-corrected chi connectivity index (χ3v) is 9.01. The molecule has 0 spiro atoms. The van der Waals surface area contributed by atoms with E-state index in [1.165, 1.54) is 47.8 Å². The van der Waals surface area contributed by atoms with Crippen LogP contribution < -0.4 is 4.90 Å². The first-order chi connectivity index (χ1) is 18.6. The van der Waals surface area contributed by atoms with Gasteiger partial charge in [-0.25, -0.2) is 0 Å². The van der Waals surface area contributed by atoms with Gasteiger partial charge in [0.15, 0.2) is 5.17 Å². The number of hydrogen-bond acceptors (Lipinski definition) is 6. The van der Waals surface area contributed by atoms with Gasteiger partial charge in [0.1, 0.15) is 0 Å². The van der Waals surface area contributed by atoms with Crippen molar-refractivity contribution in [3.63, 3.8) is 0 Å². The summed E-state index contributed by atoms with van der Waals surface area (Å²) in [5.74, 6) is -0.131. The Labute approximate surface area is 229 Å². The highest BCUT2D eigenvalue weighted by Gasteiger charge is 2.27. The molecule has 0 aliphatic carbocycles. The van der Waals surface area contributed by atoms with Crippen molar-refractivity contribution in [2.24, 2.45) is 4.99 Å². The van der Waals surface area contributed by atoms with Crippen molar-refractivity contribution < 1.29 is 4.79 Å². The van der Waals surface area contributed by atoms with Gasteiger partial charge >= 0.3 is 0 Å². The Hall–Kier alpha value is -3.16. The van der Waals surface area contributed by atoms with E-state index >= 15 is 0 Å². The van der Waals surface area contributed by atoms with Crippen LogP contribution in [0, 0.1) is 6.92 Å². The number of fused-ring (bicyclic) bond motifs is 1. The molecule has 6 nitrogen and oxygen atoms in total. The van der Waals surface area contributed by atoms with Crippen LogP contribution in [0.1, 0.15) is 37.3 Å². The quantitative estimate of drug-likeness (QED) is 0.401. The summed E-state index contributed by atoms with van der Waals surface area (Å²) in [6.45, 7) is 11.9. The zero-order valence-corrected chi connectivity index (χ0v) is 23.1. The van der Waals surface area contributed by atoms with Crippen LogP contribution >= 0.6 is 11.8 Å². The number of likely N-dealkylation sites (N-methyl/N-ethyl adjacent to an activating group) is 1. The number of piperidine rings is 1. The van der Waals surface area contributed by atoms with Crippen molar-refractivity contribution in [2.75, 3.05) is 50.7 Å². The van der Waals surface area contributed by atoms with Crippen molar-refractivity contribution >= 4 is 45.5 Å². The molecule has 0 atom stereocenters. The number of piperazine rings is 1. The highest BCUT2D eigenvalue weighted by Crippen LogP contribution is 2.35. The third kappa shape index (κ3) is 5.09. The molecule has 6 rings (SSSR count). The minimum atomic E-state index is -0.131. The molecule has 0 saturated carbocycles. The fraction of sp³-hybridized carbons (Fsp3) is 0.387.